The zero-order valence-corrected chi connectivity index (χ0v) is 17.2. The van der Waals surface area contributed by atoms with Crippen molar-refractivity contribution >= 4 is 28.5 Å². The summed E-state index contributed by atoms with van der Waals surface area (Å²) in [4.78, 5) is 27.6. The lowest BCUT2D eigenvalue weighted by atomic mass is 10.1. The maximum absolute atomic E-state index is 14.0. The first-order valence-electron chi connectivity index (χ1n) is 9.16. The molecule has 12 heteroatoms. The summed E-state index contributed by atoms with van der Waals surface area (Å²) in [5.74, 6) is -3.74. The van der Waals surface area contributed by atoms with Crippen LogP contribution in [0, 0.1) is 18.6 Å². The molecule has 2 heterocycles. The van der Waals surface area contributed by atoms with E-state index in [9.17, 15) is 23.5 Å². The highest BCUT2D eigenvalue weighted by Crippen LogP contribution is 2.31. The number of benzene rings is 1. The third-order valence-corrected chi connectivity index (χ3v) is 5.01. The molecule has 0 unspecified atom stereocenters. The van der Waals surface area contributed by atoms with Crippen molar-refractivity contribution in [1.82, 2.24) is 19.2 Å². The van der Waals surface area contributed by atoms with E-state index in [0.29, 0.717) is 31.0 Å². The van der Waals surface area contributed by atoms with Crippen molar-refractivity contribution < 1.29 is 28.2 Å². The summed E-state index contributed by atoms with van der Waals surface area (Å²) in [5, 5.41) is 14.5. The summed E-state index contributed by atoms with van der Waals surface area (Å²) < 4.78 is 38.7. The van der Waals surface area contributed by atoms with Crippen molar-refractivity contribution in [3.63, 3.8) is 0 Å². The number of carboxylic acids is 1. The van der Waals surface area contributed by atoms with Crippen LogP contribution in [0.2, 0.25) is 0 Å². The van der Waals surface area contributed by atoms with Crippen molar-refractivity contribution in [1.29, 1.82) is 0 Å². The quantitative estimate of drug-likeness (QED) is 0.429. The Balaban J connectivity index is 1.59. The van der Waals surface area contributed by atoms with Crippen LogP contribution in [-0.4, -0.2) is 37.6 Å². The summed E-state index contributed by atoms with van der Waals surface area (Å²) in [5.41, 5.74) is -0.312. The molecule has 0 saturated carbocycles. The Hall–Kier alpha value is -3.54. The highest BCUT2D eigenvalue weighted by Gasteiger charge is 2.24. The fraction of sp³-hybridized carbons (Fsp3) is 0.263. The number of carbonyl (C=O) groups excluding carboxylic acids is 1. The molecule has 0 spiro atoms. The van der Waals surface area contributed by atoms with Crippen LogP contribution in [0.5, 0.6) is 5.88 Å². The molecule has 0 bridgehead atoms. The largest absolute Gasteiger partial charge is 0.477 e. The highest BCUT2D eigenvalue weighted by molar-refractivity contribution is 7.11. The van der Waals surface area contributed by atoms with E-state index in [1.54, 1.807) is 18.7 Å². The van der Waals surface area contributed by atoms with Gasteiger partial charge in [-0.2, -0.15) is 4.37 Å². The number of aromatic nitrogens is 3. The van der Waals surface area contributed by atoms with Crippen molar-refractivity contribution in [2.45, 2.75) is 26.5 Å². The third-order valence-electron chi connectivity index (χ3n) is 4.26. The molecule has 0 aliphatic heterocycles. The lowest BCUT2D eigenvalue weighted by molar-refractivity contribution is 0.0693. The van der Waals surface area contributed by atoms with E-state index in [4.69, 9.17) is 4.74 Å². The van der Waals surface area contributed by atoms with Gasteiger partial charge in [-0.1, -0.05) is 12.1 Å². The Morgan fingerprint density at radius 3 is 2.81 bits per heavy atom. The van der Waals surface area contributed by atoms with Gasteiger partial charge < -0.3 is 19.7 Å². The third kappa shape index (κ3) is 5.54. The number of halogens is 2. The molecule has 0 saturated heterocycles. The van der Waals surface area contributed by atoms with E-state index in [2.05, 4.69) is 20.0 Å². The molecule has 3 N–H and O–H groups in total. The number of carboxylic acid groups (broad SMARTS) is 1. The maximum atomic E-state index is 14.0. The molecule has 0 aliphatic rings. The van der Waals surface area contributed by atoms with E-state index in [1.165, 1.54) is 19.1 Å². The standard InChI is InChI=1S/C19H19F2N5O4S/c1-11-3-4-12(15(21)14(11)20)9-30-16-13(18(27)28)17(31-25-16)24-19(29)23-5-2-7-26-8-6-22-10-26/h3-4,6,8,10H,2,5,7,9H2,1H3,(H,27,28)(H2,23,24,29). The summed E-state index contributed by atoms with van der Waals surface area (Å²) in [7, 11) is 0. The van der Waals surface area contributed by atoms with Gasteiger partial charge in [0.1, 0.15) is 11.6 Å². The normalized spacial score (nSPS) is 10.7. The van der Waals surface area contributed by atoms with Gasteiger partial charge in [0.25, 0.3) is 0 Å². The minimum absolute atomic E-state index is 0.0369. The Kier molecular flexibility index (Phi) is 7.13. The van der Waals surface area contributed by atoms with Gasteiger partial charge in [0, 0.05) is 31.0 Å². The van der Waals surface area contributed by atoms with E-state index >= 15 is 0 Å². The number of rotatable bonds is 9. The molecule has 0 atom stereocenters. The van der Waals surface area contributed by atoms with Crippen LogP contribution in [0.25, 0.3) is 0 Å². The number of imidazole rings is 1. The number of nitrogens with zero attached hydrogens (tertiary/aromatic N) is 3. The van der Waals surface area contributed by atoms with Gasteiger partial charge in [-0.25, -0.2) is 23.4 Å². The average molecular weight is 451 g/mol. The summed E-state index contributed by atoms with van der Waals surface area (Å²) >= 11 is 0.707. The Bertz CT molecular complexity index is 1070. The number of amides is 2. The predicted octanol–water partition coefficient (Wildman–Crippen LogP) is 3.42. The van der Waals surface area contributed by atoms with E-state index < -0.39 is 30.2 Å². The summed E-state index contributed by atoms with van der Waals surface area (Å²) in [6, 6.07) is 2.13. The van der Waals surface area contributed by atoms with Gasteiger partial charge in [-0.05, 0) is 30.4 Å². The van der Waals surface area contributed by atoms with Crippen LogP contribution < -0.4 is 15.4 Å². The number of nitrogens with one attached hydrogen (secondary N) is 2. The van der Waals surface area contributed by atoms with E-state index in [1.807, 2.05) is 4.57 Å². The molecule has 31 heavy (non-hydrogen) atoms. The molecule has 164 valence electrons. The molecule has 0 fully saturated rings. The minimum atomic E-state index is -1.38. The van der Waals surface area contributed by atoms with Crippen LogP contribution in [0.3, 0.4) is 0 Å². The van der Waals surface area contributed by atoms with Crippen LogP contribution >= 0.6 is 11.5 Å². The smallest absolute Gasteiger partial charge is 0.344 e. The van der Waals surface area contributed by atoms with Crippen molar-refractivity contribution in [3.05, 3.63) is 59.2 Å². The number of anilines is 1. The van der Waals surface area contributed by atoms with Gasteiger partial charge in [0.15, 0.2) is 17.2 Å². The zero-order valence-electron chi connectivity index (χ0n) is 16.4. The molecule has 0 radical (unpaired) electrons. The number of ether oxygens (including phenoxy) is 1. The molecule has 1 aromatic carbocycles. The molecule has 0 aliphatic carbocycles. The zero-order chi connectivity index (χ0) is 22.4. The average Bonchev–Trinajstić information content (AvgIpc) is 3.39. The number of hydrogen-bond donors (Lipinski definition) is 3. The van der Waals surface area contributed by atoms with E-state index in [0.717, 1.165) is 0 Å². The second-order valence-electron chi connectivity index (χ2n) is 6.49. The molecular formula is C19H19F2N5O4S. The maximum Gasteiger partial charge on any atom is 0.344 e. The minimum Gasteiger partial charge on any atom is -0.477 e. The highest BCUT2D eigenvalue weighted by atomic mass is 32.1. The van der Waals surface area contributed by atoms with Gasteiger partial charge in [-0.15, -0.1) is 0 Å². The lowest BCUT2D eigenvalue weighted by Gasteiger charge is -2.09. The first kappa shape index (κ1) is 22.2. The predicted molar refractivity (Wildman–Crippen MR) is 108 cm³/mol. The molecule has 3 aromatic rings. The van der Waals surface area contributed by atoms with Crippen molar-refractivity contribution in [2.24, 2.45) is 0 Å². The fourth-order valence-corrected chi connectivity index (χ4v) is 3.34. The molecule has 9 nitrogen and oxygen atoms in total. The van der Waals surface area contributed by atoms with Crippen molar-refractivity contribution in [2.75, 3.05) is 11.9 Å². The first-order chi connectivity index (χ1) is 14.9. The topological polar surface area (TPSA) is 118 Å². The molecular weight excluding hydrogens is 432 g/mol. The number of urea groups is 1. The van der Waals surface area contributed by atoms with Gasteiger partial charge in [0.05, 0.1) is 6.33 Å². The van der Waals surface area contributed by atoms with Crippen LogP contribution in [0.4, 0.5) is 18.6 Å². The monoisotopic (exact) mass is 451 g/mol. The Labute approximate surface area is 179 Å². The lowest BCUT2D eigenvalue weighted by Crippen LogP contribution is -2.30. The van der Waals surface area contributed by atoms with Gasteiger partial charge in [-0.3, -0.25) is 5.32 Å². The van der Waals surface area contributed by atoms with Crippen LogP contribution in [0.1, 0.15) is 27.9 Å². The van der Waals surface area contributed by atoms with E-state index in [-0.39, 0.29) is 27.6 Å². The number of aryl methyl sites for hydroxylation is 2. The first-order valence-corrected chi connectivity index (χ1v) is 9.94. The summed E-state index contributed by atoms with van der Waals surface area (Å²) in [6.45, 7) is 2.02. The molecule has 2 aromatic heterocycles. The fourth-order valence-electron chi connectivity index (χ4n) is 2.62. The Morgan fingerprint density at radius 1 is 1.29 bits per heavy atom. The van der Waals surface area contributed by atoms with Crippen LogP contribution in [-0.2, 0) is 13.2 Å². The Morgan fingerprint density at radius 2 is 2.10 bits per heavy atom. The second kappa shape index (κ2) is 9.98. The number of carbonyl (C=O) groups is 2. The van der Waals surface area contributed by atoms with Crippen LogP contribution in [0.15, 0.2) is 30.9 Å². The summed E-state index contributed by atoms with van der Waals surface area (Å²) in [6.07, 6.45) is 5.76. The van der Waals surface area contributed by atoms with Gasteiger partial charge in [0.2, 0.25) is 5.88 Å². The SMILES string of the molecule is Cc1ccc(COc2nsc(NC(=O)NCCCn3ccnc3)c2C(=O)O)c(F)c1F. The molecule has 2 amide bonds. The second-order valence-corrected chi connectivity index (χ2v) is 7.26. The number of aromatic carboxylic acids is 1. The van der Waals surface area contributed by atoms with Gasteiger partial charge >= 0.3 is 12.0 Å². The molecule has 3 rings (SSSR count). The van der Waals surface area contributed by atoms with Crippen molar-refractivity contribution in [3.8, 4) is 5.88 Å². The number of hydrogen-bond acceptors (Lipinski definition) is 6.